The number of sulfone groups is 1. The van der Waals surface area contributed by atoms with E-state index < -0.39 is 39.1 Å². The Kier molecular flexibility index (Phi) is 7.72. The van der Waals surface area contributed by atoms with Gasteiger partial charge in [-0.25, -0.2) is 12.8 Å². The third-order valence-electron chi connectivity index (χ3n) is 4.47. The zero-order chi connectivity index (χ0) is 24.8. The average molecular weight is 496 g/mol. The second-order valence-corrected chi connectivity index (χ2v) is 8.88. The molecule has 1 heterocycles. The average Bonchev–Trinajstić information content (AvgIpc) is 2.81. The predicted octanol–water partition coefficient (Wildman–Crippen LogP) is 4.18. The van der Waals surface area contributed by atoms with E-state index in [0.717, 1.165) is 23.4 Å². The van der Waals surface area contributed by atoms with Crippen molar-refractivity contribution in [2.24, 2.45) is 4.99 Å². The number of nitrogens with zero attached hydrogens (tertiary/aromatic N) is 2. The number of pyridine rings is 1. The molecule has 0 radical (unpaired) electrons. The van der Waals surface area contributed by atoms with E-state index in [-0.39, 0.29) is 4.90 Å². The number of hydrogen-bond donors (Lipinski definition) is 2. The molecular formula is C22H20F4N4O3S. The van der Waals surface area contributed by atoms with Crippen molar-refractivity contribution < 1.29 is 30.7 Å². The van der Waals surface area contributed by atoms with Crippen LogP contribution in [0.5, 0.6) is 5.75 Å². The molecule has 0 aliphatic heterocycles. The summed E-state index contributed by atoms with van der Waals surface area (Å²) in [5, 5.41) is 6.16. The van der Waals surface area contributed by atoms with Crippen LogP contribution >= 0.6 is 0 Å². The van der Waals surface area contributed by atoms with Crippen LogP contribution < -0.4 is 15.4 Å². The summed E-state index contributed by atoms with van der Waals surface area (Å²) in [4.78, 5) is 7.53. The Bertz CT molecular complexity index is 1250. The Hall–Kier alpha value is -3.67. The first kappa shape index (κ1) is 25.0. The fourth-order valence-electron chi connectivity index (χ4n) is 2.78. The van der Waals surface area contributed by atoms with Gasteiger partial charge in [-0.3, -0.25) is 9.98 Å². The van der Waals surface area contributed by atoms with Crippen LogP contribution in [0.15, 0.2) is 81.8 Å². The van der Waals surface area contributed by atoms with Gasteiger partial charge in [-0.1, -0.05) is 12.1 Å². The van der Waals surface area contributed by atoms with Crippen molar-refractivity contribution in [3.63, 3.8) is 0 Å². The molecule has 0 aliphatic rings. The maximum atomic E-state index is 14.1. The topological polar surface area (TPSA) is 92.7 Å². The zero-order valence-corrected chi connectivity index (χ0v) is 18.6. The van der Waals surface area contributed by atoms with E-state index in [9.17, 15) is 26.0 Å². The zero-order valence-electron chi connectivity index (χ0n) is 17.8. The van der Waals surface area contributed by atoms with Crippen LogP contribution in [0.4, 0.5) is 23.2 Å². The van der Waals surface area contributed by atoms with Gasteiger partial charge in [0.25, 0.3) is 0 Å². The molecule has 0 unspecified atom stereocenters. The van der Waals surface area contributed by atoms with Crippen molar-refractivity contribution in [3.05, 3.63) is 78.4 Å². The highest BCUT2D eigenvalue weighted by Gasteiger charge is 2.29. The van der Waals surface area contributed by atoms with E-state index in [4.69, 9.17) is 0 Å². The summed E-state index contributed by atoms with van der Waals surface area (Å²) in [6.07, 6.45) is -1.39. The van der Waals surface area contributed by atoms with Gasteiger partial charge in [0.15, 0.2) is 24.1 Å². The van der Waals surface area contributed by atoms with Crippen LogP contribution in [-0.2, 0) is 16.4 Å². The number of aromatic nitrogens is 1. The number of hydrogen-bond acceptors (Lipinski definition) is 5. The lowest BCUT2D eigenvalue weighted by atomic mass is 10.2. The van der Waals surface area contributed by atoms with Crippen molar-refractivity contribution in [1.29, 1.82) is 0 Å². The van der Waals surface area contributed by atoms with Crippen LogP contribution in [0, 0.1) is 5.82 Å². The van der Waals surface area contributed by atoms with E-state index in [1.807, 2.05) is 0 Å². The monoisotopic (exact) mass is 496 g/mol. The molecule has 34 heavy (non-hydrogen) atoms. The molecule has 180 valence electrons. The molecule has 0 spiro atoms. The van der Waals surface area contributed by atoms with Gasteiger partial charge in [0, 0.05) is 31.7 Å². The van der Waals surface area contributed by atoms with Gasteiger partial charge in [-0.05, 0) is 48.0 Å². The number of nitrogens with one attached hydrogen (secondary N) is 2. The van der Waals surface area contributed by atoms with Gasteiger partial charge in [0.2, 0.25) is 9.84 Å². The Morgan fingerprint density at radius 1 is 1.03 bits per heavy atom. The van der Waals surface area contributed by atoms with Gasteiger partial charge < -0.3 is 15.4 Å². The van der Waals surface area contributed by atoms with Crippen molar-refractivity contribution in [2.75, 3.05) is 19.0 Å². The van der Waals surface area contributed by atoms with Crippen LogP contribution in [0.25, 0.3) is 0 Å². The van der Waals surface area contributed by atoms with Crippen LogP contribution in [0.2, 0.25) is 0 Å². The number of rotatable bonds is 7. The second-order valence-electron chi connectivity index (χ2n) is 6.93. The molecule has 3 aromatic rings. The van der Waals surface area contributed by atoms with E-state index in [0.29, 0.717) is 18.6 Å². The molecule has 3 rings (SSSR count). The molecule has 1 aromatic heterocycles. The lowest BCUT2D eigenvalue weighted by molar-refractivity contribution is -0.153. The number of ether oxygens (including phenoxy) is 1. The van der Waals surface area contributed by atoms with E-state index >= 15 is 0 Å². The minimum absolute atomic E-state index is 0.0982. The van der Waals surface area contributed by atoms with Gasteiger partial charge in [-0.2, -0.15) is 13.2 Å². The van der Waals surface area contributed by atoms with Crippen LogP contribution in [0.3, 0.4) is 0 Å². The molecule has 7 nitrogen and oxygen atoms in total. The van der Waals surface area contributed by atoms with Crippen molar-refractivity contribution in [1.82, 2.24) is 10.3 Å². The molecule has 0 bridgehead atoms. The summed E-state index contributed by atoms with van der Waals surface area (Å²) in [7, 11) is -2.49. The van der Waals surface area contributed by atoms with Crippen LogP contribution in [-0.4, -0.2) is 39.2 Å². The Labute approximate surface area is 193 Å². The number of aliphatic imine (C=N–C) groups is 1. The first-order valence-electron chi connectivity index (χ1n) is 9.79. The fourth-order valence-corrected chi connectivity index (χ4v) is 4.06. The van der Waals surface area contributed by atoms with Crippen molar-refractivity contribution in [3.8, 4) is 5.75 Å². The second kappa shape index (κ2) is 10.5. The summed E-state index contributed by atoms with van der Waals surface area (Å²) < 4.78 is 80.8. The predicted molar refractivity (Wildman–Crippen MR) is 118 cm³/mol. The molecular weight excluding hydrogens is 476 g/mol. The lowest BCUT2D eigenvalue weighted by Gasteiger charge is -2.13. The van der Waals surface area contributed by atoms with E-state index in [1.54, 1.807) is 43.7 Å². The van der Waals surface area contributed by atoms with Crippen molar-refractivity contribution >= 4 is 21.5 Å². The highest BCUT2D eigenvalue weighted by atomic mass is 32.2. The Morgan fingerprint density at radius 3 is 2.26 bits per heavy atom. The Morgan fingerprint density at radius 2 is 1.68 bits per heavy atom. The lowest BCUT2D eigenvalue weighted by Crippen LogP contribution is -2.30. The minimum Gasteiger partial charge on any atom is -0.481 e. The summed E-state index contributed by atoms with van der Waals surface area (Å²) >= 11 is 0. The van der Waals surface area contributed by atoms with Gasteiger partial charge in [-0.15, -0.1) is 0 Å². The fraction of sp³-hybridized carbons (Fsp3) is 0.182. The molecule has 2 N–H and O–H groups in total. The quantitative estimate of drug-likeness (QED) is 0.290. The third-order valence-corrected chi connectivity index (χ3v) is 6.23. The number of alkyl halides is 3. The maximum Gasteiger partial charge on any atom is 0.422 e. The molecule has 0 saturated heterocycles. The summed E-state index contributed by atoms with van der Waals surface area (Å²) in [5.74, 6) is -1.41. The number of halogens is 4. The minimum atomic E-state index is -4.65. The molecule has 0 saturated carbocycles. The van der Waals surface area contributed by atoms with E-state index in [2.05, 4.69) is 25.3 Å². The van der Waals surface area contributed by atoms with E-state index in [1.165, 1.54) is 12.1 Å². The standard InChI is InChI=1S/C22H20F4N4O3S/c1-27-21(30-16-8-10-28-11-9-16)29-13-15-2-4-17(5-3-15)34(31,32)18-6-7-20(19(23)12-18)33-14-22(24,25)26/h2-12H,13-14H2,1H3,(H2,27,28,29,30). The summed E-state index contributed by atoms with van der Waals surface area (Å²) in [6.45, 7) is -1.35. The third kappa shape index (κ3) is 6.67. The summed E-state index contributed by atoms with van der Waals surface area (Å²) in [6, 6.07) is 11.9. The SMILES string of the molecule is CN=C(NCc1ccc(S(=O)(=O)c2ccc(OCC(F)(F)F)c(F)c2)cc1)Nc1ccncc1. The van der Waals surface area contributed by atoms with Gasteiger partial charge >= 0.3 is 6.18 Å². The van der Waals surface area contributed by atoms with Gasteiger partial charge in [0.05, 0.1) is 9.79 Å². The van der Waals surface area contributed by atoms with Crippen molar-refractivity contribution in [2.45, 2.75) is 22.5 Å². The first-order chi connectivity index (χ1) is 16.1. The Balaban J connectivity index is 1.66. The first-order valence-corrected chi connectivity index (χ1v) is 11.3. The number of benzene rings is 2. The molecule has 0 atom stereocenters. The normalized spacial score (nSPS) is 12.3. The highest BCUT2D eigenvalue weighted by Crippen LogP contribution is 2.27. The smallest absolute Gasteiger partial charge is 0.422 e. The maximum absolute atomic E-state index is 14.1. The molecule has 0 aliphatic carbocycles. The van der Waals surface area contributed by atoms with Gasteiger partial charge in [0.1, 0.15) is 0 Å². The largest absolute Gasteiger partial charge is 0.481 e. The summed E-state index contributed by atoms with van der Waals surface area (Å²) in [5.41, 5.74) is 1.53. The highest BCUT2D eigenvalue weighted by molar-refractivity contribution is 7.91. The number of guanidine groups is 1. The van der Waals surface area contributed by atoms with Crippen LogP contribution in [0.1, 0.15) is 5.56 Å². The molecule has 12 heteroatoms. The number of anilines is 1. The molecule has 0 amide bonds. The molecule has 0 fully saturated rings. The molecule has 2 aromatic carbocycles.